The van der Waals surface area contributed by atoms with Crippen molar-refractivity contribution in [2.75, 3.05) is 0 Å². The summed E-state index contributed by atoms with van der Waals surface area (Å²) in [6.07, 6.45) is 4.20. The third-order valence-electron chi connectivity index (χ3n) is 2.92. The number of sulfonamides is 1. The Bertz CT molecular complexity index is 522. The van der Waals surface area contributed by atoms with Gasteiger partial charge in [-0.1, -0.05) is 46.2 Å². The minimum Gasteiger partial charge on any atom is -0.199 e. The molecule has 0 N–H and O–H groups in total. The van der Waals surface area contributed by atoms with Crippen LogP contribution in [0, 0.1) is 0 Å². The number of unbranched alkanes of at least 4 members (excludes halogenated alkanes) is 2. The quantitative estimate of drug-likeness (QED) is 0.606. The van der Waals surface area contributed by atoms with E-state index in [1.165, 1.54) is 6.21 Å². The number of hydrogen-bond acceptors (Lipinski definition) is 2. The van der Waals surface area contributed by atoms with Crippen LogP contribution in [0.2, 0.25) is 0 Å². The van der Waals surface area contributed by atoms with Gasteiger partial charge in [-0.2, -0.15) is 12.8 Å². The Hall–Kier alpha value is -1.16. The van der Waals surface area contributed by atoms with Crippen LogP contribution in [-0.4, -0.2) is 14.6 Å². The van der Waals surface area contributed by atoms with Crippen molar-refractivity contribution in [3.63, 3.8) is 0 Å². The van der Waals surface area contributed by atoms with Crippen molar-refractivity contribution < 1.29 is 8.42 Å². The van der Waals surface area contributed by atoms with Gasteiger partial charge in [0.15, 0.2) is 0 Å². The van der Waals surface area contributed by atoms with Crippen molar-refractivity contribution >= 4 is 16.2 Å². The van der Waals surface area contributed by atoms with Gasteiger partial charge in [0, 0.05) is 6.21 Å². The zero-order valence-electron chi connectivity index (χ0n) is 12.2. The van der Waals surface area contributed by atoms with Gasteiger partial charge in [-0.25, -0.2) is 0 Å². The molecule has 1 aromatic rings. The molecule has 106 valence electrons. The Morgan fingerprint density at radius 2 is 1.74 bits per heavy atom. The summed E-state index contributed by atoms with van der Waals surface area (Å²) < 4.78 is 27.6. The van der Waals surface area contributed by atoms with Crippen LogP contribution < -0.4 is 0 Å². The number of nitrogens with zero attached hydrogens (tertiary/aromatic N) is 1. The zero-order chi connectivity index (χ0) is 14.5. The van der Waals surface area contributed by atoms with Gasteiger partial charge in [0.25, 0.3) is 10.0 Å². The van der Waals surface area contributed by atoms with Crippen molar-refractivity contribution in [3.05, 3.63) is 29.8 Å². The predicted octanol–water partition coefficient (Wildman–Crippen LogP) is 3.93. The summed E-state index contributed by atoms with van der Waals surface area (Å²) in [5.74, 6) is 0. The first kappa shape index (κ1) is 15.9. The summed E-state index contributed by atoms with van der Waals surface area (Å²) in [5.41, 5.74) is 1.13. The number of benzene rings is 1. The summed E-state index contributed by atoms with van der Waals surface area (Å²) in [7, 11) is -3.53. The highest BCUT2D eigenvalue weighted by Crippen LogP contribution is 2.23. The maximum atomic E-state index is 12.0. The van der Waals surface area contributed by atoms with E-state index in [0.717, 1.165) is 18.4 Å². The summed E-state index contributed by atoms with van der Waals surface area (Å²) >= 11 is 0. The third kappa shape index (κ3) is 4.78. The molecule has 0 unspecified atom stereocenters. The van der Waals surface area contributed by atoms with E-state index in [1.807, 2.05) is 12.1 Å². The van der Waals surface area contributed by atoms with E-state index in [0.29, 0.717) is 6.42 Å². The molecule has 0 aromatic heterocycles. The fraction of sp³-hybridized carbons (Fsp3) is 0.533. The Labute approximate surface area is 116 Å². The normalized spacial score (nSPS) is 13.1. The first-order valence-electron chi connectivity index (χ1n) is 6.66. The Balaban J connectivity index is 2.88. The molecular formula is C15H23NO2S. The molecule has 0 heterocycles. The third-order valence-corrected chi connectivity index (χ3v) is 4.21. The molecule has 0 saturated heterocycles. The second-order valence-electron chi connectivity index (χ2n) is 5.68. The topological polar surface area (TPSA) is 46.5 Å². The molecule has 4 heteroatoms. The average molecular weight is 281 g/mol. The van der Waals surface area contributed by atoms with Gasteiger partial charge in [-0.05, 0) is 36.0 Å². The average Bonchev–Trinajstić information content (AvgIpc) is 2.34. The van der Waals surface area contributed by atoms with E-state index >= 15 is 0 Å². The van der Waals surface area contributed by atoms with Crippen LogP contribution in [0.1, 0.15) is 52.5 Å². The fourth-order valence-corrected chi connectivity index (χ4v) is 2.54. The first-order valence-corrected chi connectivity index (χ1v) is 8.11. The smallest absolute Gasteiger partial charge is 0.199 e. The van der Waals surface area contributed by atoms with Gasteiger partial charge < -0.3 is 0 Å². The highest BCUT2D eigenvalue weighted by atomic mass is 32.2. The van der Waals surface area contributed by atoms with Gasteiger partial charge in [0.1, 0.15) is 0 Å². The van der Waals surface area contributed by atoms with Crippen LogP contribution in [0.4, 0.5) is 0 Å². The molecule has 0 spiro atoms. The van der Waals surface area contributed by atoms with Crippen LogP contribution in [0.15, 0.2) is 33.6 Å². The molecule has 1 aromatic carbocycles. The lowest BCUT2D eigenvalue weighted by Gasteiger charge is -2.18. The van der Waals surface area contributed by atoms with Crippen molar-refractivity contribution in [3.8, 4) is 0 Å². The molecule has 0 fully saturated rings. The number of hydrogen-bond donors (Lipinski definition) is 0. The molecule has 1 rings (SSSR count). The summed E-state index contributed by atoms with van der Waals surface area (Å²) in [6.45, 7) is 8.35. The van der Waals surface area contributed by atoms with Crippen LogP contribution in [0.5, 0.6) is 0 Å². The van der Waals surface area contributed by atoms with E-state index < -0.39 is 10.0 Å². The molecular weight excluding hydrogens is 258 g/mol. The Kier molecular flexibility index (Phi) is 5.29. The van der Waals surface area contributed by atoms with Crippen LogP contribution in [0.25, 0.3) is 0 Å². The second-order valence-corrected chi connectivity index (χ2v) is 7.31. The van der Waals surface area contributed by atoms with Crippen molar-refractivity contribution in [2.24, 2.45) is 4.40 Å². The molecule has 0 amide bonds. The standard InChI is InChI=1S/C15H23NO2S/c1-5-6-7-12-16-19(17,18)14-10-8-13(9-11-14)15(2,3)4/h8-12H,5-7H2,1-4H3. The lowest BCUT2D eigenvalue weighted by atomic mass is 9.87. The van der Waals surface area contributed by atoms with E-state index in [4.69, 9.17) is 0 Å². The van der Waals surface area contributed by atoms with Crippen LogP contribution >= 0.6 is 0 Å². The van der Waals surface area contributed by atoms with Crippen LogP contribution in [-0.2, 0) is 15.4 Å². The molecule has 19 heavy (non-hydrogen) atoms. The Morgan fingerprint density at radius 3 is 2.21 bits per heavy atom. The molecule has 0 saturated carbocycles. The maximum Gasteiger partial charge on any atom is 0.281 e. The highest BCUT2D eigenvalue weighted by molar-refractivity contribution is 7.90. The van der Waals surface area contributed by atoms with Crippen molar-refractivity contribution in [1.29, 1.82) is 0 Å². The monoisotopic (exact) mass is 281 g/mol. The predicted molar refractivity (Wildman–Crippen MR) is 80.3 cm³/mol. The maximum absolute atomic E-state index is 12.0. The molecule has 0 atom stereocenters. The molecule has 0 radical (unpaired) electrons. The highest BCUT2D eigenvalue weighted by Gasteiger charge is 2.16. The van der Waals surface area contributed by atoms with Crippen molar-refractivity contribution in [1.82, 2.24) is 0 Å². The zero-order valence-corrected chi connectivity index (χ0v) is 13.0. The van der Waals surface area contributed by atoms with E-state index in [1.54, 1.807) is 12.1 Å². The lowest BCUT2D eigenvalue weighted by molar-refractivity contribution is 0.586. The van der Waals surface area contributed by atoms with Gasteiger partial charge in [-0.3, -0.25) is 0 Å². The Morgan fingerprint density at radius 1 is 1.16 bits per heavy atom. The van der Waals surface area contributed by atoms with Crippen molar-refractivity contribution in [2.45, 2.75) is 57.3 Å². The largest absolute Gasteiger partial charge is 0.281 e. The molecule has 0 bridgehead atoms. The summed E-state index contributed by atoms with van der Waals surface area (Å²) in [5, 5.41) is 0. The van der Waals surface area contributed by atoms with Gasteiger partial charge in [-0.15, -0.1) is 0 Å². The fourth-order valence-electron chi connectivity index (χ4n) is 1.63. The van der Waals surface area contributed by atoms with Crippen LogP contribution in [0.3, 0.4) is 0 Å². The summed E-state index contributed by atoms with van der Waals surface area (Å²) in [6, 6.07) is 6.98. The summed E-state index contributed by atoms with van der Waals surface area (Å²) in [4.78, 5) is 0.258. The van der Waals surface area contributed by atoms with E-state index in [2.05, 4.69) is 32.1 Å². The first-order chi connectivity index (χ1) is 8.77. The lowest BCUT2D eigenvalue weighted by Crippen LogP contribution is -2.11. The molecule has 0 aliphatic rings. The molecule has 0 aliphatic heterocycles. The van der Waals surface area contributed by atoms with Gasteiger partial charge >= 0.3 is 0 Å². The van der Waals surface area contributed by atoms with E-state index in [-0.39, 0.29) is 10.3 Å². The second kappa shape index (κ2) is 6.33. The minimum atomic E-state index is -3.53. The molecule has 0 aliphatic carbocycles. The molecule has 3 nitrogen and oxygen atoms in total. The van der Waals surface area contributed by atoms with Gasteiger partial charge in [0.05, 0.1) is 4.90 Å². The number of rotatable bonds is 5. The minimum absolute atomic E-state index is 0.0205. The SMILES string of the molecule is CCCCC=NS(=O)(=O)c1ccc(C(C)(C)C)cc1. The van der Waals surface area contributed by atoms with Gasteiger partial charge in [0.2, 0.25) is 0 Å². The van der Waals surface area contributed by atoms with E-state index in [9.17, 15) is 8.42 Å².